The first-order valence-corrected chi connectivity index (χ1v) is 9.15. The van der Waals surface area contributed by atoms with E-state index in [1.807, 2.05) is 0 Å². The van der Waals surface area contributed by atoms with Gasteiger partial charge in [0.05, 0.1) is 4.92 Å². The van der Waals surface area contributed by atoms with Gasteiger partial charge in [0, 0.05) is 25.4 Å². The summed E-state index contributed by atoms with van der Waals surface area (Å²) in [6, 6.07) is 10.8. The zero-order valence-corrected chi connectivity index (χ0v) is 14.5. The molecule has 8 nitrogen and oxygen atoms in total. The molecule has 0 bridgehead atoms. The minimum Gasteiger partial charge on any atom is -0.375 e. The Morgan fingerprint density at radius 2 is 1.88 bits per heavy atom. The molecule has 0 atom stereocenters. The quantitative estimate of drug-likeness (QED) is 0.598. The van der Waals surface area contributed by atoms with Gasteiger partial charge in [-0.05, 0) is 29.8 Å². The van der Waals surface area contributed by atoms with E-state index in [2.05, 4.69) is 10.6 Å². The molecule has 9 heteroatoms. The number of rotatable bonds is 6. The van der Waals surface area contributed by atoms with Crippen LogP contribution in [0.5, 0.6) is 0 Å². The second-order valence-electron chi connectivity index (χ2n) is 5.31. The Labute approximate surface area is 144 Å². The van der Waals surface area contributed by atoms with E-state index in [-0.39, 0.29) is 23.0 Å². The minimum absolute atomic E-state index is 0.0956. The molecule has 0 unspecified atom stereocenters. The topological polar surface area (TPSA) is 118 Å². The lowest BCUT2D eigenvalue weighted by Gasteiger charge is -2.10. The van der Waals surface area contributed by atoms with E-state index in [9.17, 15) is 23.3 Å². The van der Waals surface area contributed by atoms with Crippen LogP contribution in [0.2, 0.25) is 0 Å². The molecule has 0 fully saturated rings. The third kappa shape index (κ3) is 4.32. The number of hydrogen-bond acceptors (Lipinski definition) is 6. The van der Waals surface area contributed by atoms with Crippen molar-refractivity contribution in [2.75, 3.05) is 18.6 Å². The molecule has 1 amide bonds. The highest BCUT2D eigenvalue weighted by molar-refractivity contribution is 7.90. The lowest BCUT2D eigenvalue weighted by Crippen LogP contribution is -2.18. The van der Waals surface area contributed by atoms with Gasteiger partial charge in [-0.1, -0.05) is 18.2 Å². The van der Waals surface area contributed by atoms with E-state index in [0.717, 1.165) is 11.8 Å². The number of nitrogens with one attached hydrogen (secondary N) is 2. The van der Waals surface area contributed by atoms with Crippen molar-refractivity contribution in [3.63, 3.8) is 0 Å². The van der Waals surface area contributed by atoms with Crippen LogP contribution < -0.4 is 10.6 Å². The summed E-state index contributed by atoms with van der Waals surface area (Å²) in [6.07, 6.45) is 0.923. The largest absolute Gasteiger partial charge is 0.375 e. The Kier molecular flexibility index (Phi) is 5.38. The first kappa shape index (κ1) is 18.4. The molecule has 2 aromatic rings. The smallest absolute Gasteiger partial charge is 0.310 e. The molecule has 0 aliphatic rings. The molecule has 0 aliphatic heterocycles. The van der Waals surface area contributed by atoms with Crippen molar-refractivity contribution in [2.24, 2.45) is 0 Å². The van der Waals surface area contributed by atoms with Crippen molar-refractivity contribution < 1.29 is 18.1 Å². The number of nitro benzene ring substituents is 1. The van der Waals surface area contributed by atoms with Gasteiger partial charge in [0.2, 0.25) is 0 Å². The van der Waals surface area contributed by atoms with Crippen LogP contribution in [0.25, 0.3) is 0 Å². The van der Waals surface area contributed by atoms with Crippen molar-refractivity contribution in [3.05, 3.63) is 63.7 Å². The molecule has 2 aromatic carbocycles. The third-order valence-corrected chi connectivity index (χ3v) is 4.61. The fourth-order valence-electron chi connectivity index (χ4n) is 2.32. The summed E-state index contributed by atoms with van der Waals surface area (Å²) < 4.78 is 23.5. The van der Waals surface area contributed by atoms with Gasteiger partial charge in [0.1, 0.15) is 10.6 Å². The molecular weight excluding hydrogens is 346 g/mol. The van der Waals surface area contributed by atoms with Crippen molar-refractivity contribution in [1.82, 2.24) is 5.32 Å². The standard InChI is InChI=1S/C16H17N3O5S/c1-17-16(20)12-6-3-5-11(9-12)10-18-13-7-4-8-14(25(2,23)24)15(13)19(21)22/h3-9,18H,10H2,1-2H3,(H,17,20). The summed E-state index contributed by atoms with van der Waals surface area (Å²) >= 11 is 0. The Morgan fingerprint density at radius 1 is 1.20 bits per heavy atom. The van der Waals surface area contributed by atoms with Crippen LogP contribution in [-0.4, -0.2) is 32.6 Å². The van der Waals surface area contributed by atoms with Crippen molar-refractivity contribution >= 4 is 27.1 Å². The van der Waals surface area contributed by atoms with Gasteiger partial charge in [-0.3, -0.25) is 14.9 Å². The van der Waals surface area contributed by atoms with E-state index in [0.29, 0.717) is 5.56 Å². The molecule has 132 valence electrons. The Balaban J connectivity index is 2.33. The average Bonchev–Trinajstić information content (AvgIpc) is 2.58. The van der Waals surface area contributed by atoms with Gasteiger partial charge in [-0.25, -0.2) is 8.42 Å². The molecule has 0 saturated heterocycles. The predicted molar refractivity (Wildman–Crippen MR) is 93.4 cm³/mol. The fourth-order valence-corrected chi connectivity index (χ4v) is 3.18. The highest BCUT2D eigenvalue weighted by atomic mass is 32.2. The maximum atomic E-state index is 11.8. The average molecular weight is 363 g/mol. The normalized spacial score (nSPS) is 11.0. The number of carbonyl (C=O) groups is 1. The van der Waals surface area contributed by atoms with Crippen LogP contribution >= 0.6 is 0 Å². The van der Waals surface area contributed by atoms with Gasteiger partial charge in [0.25, 0.3) is 5.91 Å². The third-order valence-electron chi connectivity index (χ3n) is 3.48. The number of hydrogen-bond donors (Lipinski definition) is 2. The van der Waals surface area contributed by atoms with Crippen LogP contribution in [0.1, 0.15) is 15.9 Å². The van der Waals surface area contributed by atoms with Crippen molar-refractivity contribution in [1.29, 1.82) is 0 Å². The second kappa shape index (κ2) is 7.31. The molecule has 0 radical (unpaired) electrons. The van der Waals surface area contributed by atoms with E-state index < -0.39 is 20.4 Å². The van der Waals surface area contributed by atoms with E-state index in [1.54, 1.807) is 24.3 Å². The van der Waals surface area contributed by atoms with Crippen LogP contribution in [0.3, 0.4) is 0 Å². The SMILES string of the molecule is CNC(=O)c1cccc(CNc2cccc(S(C)(=O)=O)c2[N+](=O)[O-])c1. The van der Waals surface area contributed by atoms with Gasteiger partial charge in [-0.2, -0.15) is 0 Å². The molecule has 25 heavy (non-hydrogen) atoms. The minimum atomic E-state index is -3.74. The lowest BCUT2D eigenvalue weighted by atomic mass is 10.1. The number of carbonyl (C=O) groups excluding carboxylic acids is 1. The van der Waals surface area contributed by atoms with Crippen molar-refractivity contribution in [3.8, 4) is 0 Å². The number of anilines is 1. The number of nitro groups is 1. The zero-order valence-electron chi connectivity index (χ0n) is 13.6. The molecular formula is C16H17N3O5S. The van der Waals surface area contributed by atoms with Crippen molar-refractivity contribution in [2.45, 2.75) is 11.4 Å². The van der Waals surface area contributed by atoms with E-state index >= 15 is 0 Å². The molecule has 0 aliphatic carbocycles. The van der Waals surface area contributed by atoms with Gasteiger partial charge < -0.3 is 10.6 Å². The summed E-state index contributed by atoms with van der Waals surface area (Å²) in [5.41, 5.74) is 0.784. The van der Waals surface area contributed by atoms with Crippen LogP contribution in [0, 0.1) is 10.1 Å². The maximum absolute atomic E-state index is 11.8. The van der Waals surface area contributed by atoms with E-state index in [4.69, 9.17) is 0 Å². The molecule has 2 rings (SSSR count). The van der Waals surface area contributed by atoms with Gasteiger partial charge in [-0.15, -0.1) is 0 Å². The summed E-state index contributed by atoms with van der Waals surface area (Å²) in [5.74, 6) is -0.244. The summed E-state index contributed by atoms with van der Waals surface area (Å²) in [6.45, 7) is 0.193. The highest BCUT2D eigenvalue weighted by Crippen LogP contribution is 2.32. The van der Waals surface area contributed by atoms with E-state index in [1.165, 1.54) is 25.2 Å². The number of nitrogens with zero attached hydrogens (tertiary/aromatic N) is 1. The molecule has 0 aromatic heterocycles. The Morgan fingerprint density at radius 3 is 2.48 bits per heavy atom. The zero-order chi connectivity index (χ0) is 18.6. The summed E-state index contributed by atoms with van der Waals surface area (Å²) in [7, 11) is -2.22. The first-order valence-electron chi connectivity index (χ1n) is 7.26. The Bertz CT molecular complexity index is 925. The number of sulfone groups is 1. The van der Waals surface area contributed by atoms with Crippen LogP contribution in [-0.2, 0) is 16.4 Å². The molecule has 0 saturated carbocycles. The second-order valence-corrected chi connectivity index (χ2v) is 7.30. The molecule has 2 N–H and O–H groups in total. The summed E-state index contributed by atoms with van der Waals surface area (Å²) in [5, 5.41) is 16.7. The monoisotopic (exact) mass is 363 g/mol. The van der Waals surface area contributed by atoms with Gasteiger partial charge >= 0.3 is 5.69 Å². The first-order chi connectivity index (χ1) is 11.7. The van der Waals surface area contributed by atoms with Crippen LogP contribution in [0.15, 0.2) is 47.4 Å². The van der Waals surface area contributed by atoms with Crippen LogP contribution in [0.4, 0.5) is 11.4 Å². The predicted octanol–water partition coefficient (Wildman–Crippen LogP) is 1.97. The summed E-state index contributed by atoms with van der Waals surface area (Å²) in [4.78, 5) is 21.9. The number of amides is 1. The fraction of sp³-hybridized carbons (Fsp3) is 0.188. The molecule has 0 spiro atoms. The highest BCUT2D eigenvalue weighted by Gasteiger charge is 2.25. The van der Waals surface area contributed by atoms with Gasteiger partial charge in [0.15, 0.2) is 9.84 Å². The lowest BCUT2D eigenvalue weighted by molar-refractivity contribution is -0.386. The Hall–Kier alpha value is -2.94. The molecule has 0 heterocycles. The number of benzene rings is 2. The number of para-hydroxylation sites is 1. The maximum Gasteiger partial charge on any atom is 0.310 e.